The van der Waals surface area contributed by atoms with Gasteiger partial charge in [0.05, 0.1) is 19.2 Å². The predicted molar refractivity (Wildman–Crippen MR) is 120 cm³/mol. The largest absolute Gasteiger partial charge is 0.404 e. The number of nitrogens with two attached hydrogens (primary N) is 2. The minimum Gasteiger partial charge on any atom is -0.404 e. The molecular weight excluding hydrogens is 418 g/mol. The van der Waals surface area contributed by atoms with Crippen molar-refractivity contribution in [2.24, 2.45) is 21.5 Å². The minimum atomic E-state index is -0.900. The van der Waals surface area contributed by atoms with Gasteiger partial charge in [0.2, 0.25) is 5.91 Å². The normalized spacial score (nSPS) is 20.4. The summed E-state index contributed by atoms with van der Waals surface area (Å²) in [5.41, 5.74) is 13.0. The van der Waals surface area contributed by atoms with Gasteiger partial charge in [0.15, 0.2) is 11.6 Å². The summed E-state index contributed by atoms with van der Waals surface area (Å²) in [7, 11) is 1.52. The van der Waals surface area contributed by atoms with Gasteiger partial charge in [-0.25, -0.2) is 13.8 Å². The molecule has 2 aliphatic heterocycles. The van der Waals surface area contributed by atoms with Gasteiger partial charge >= 0.3 is 0 Å². The van der Waals surface area contributed by atoms with Crippen LogP contribution in [-0.2, 0) is 9.53 Å². The predicted octanol–water partition coefficient (Wildman–Crippen LogP) is 1.84. The molecule has 0 spiro atoms. The monoisotopic (exact) mass is 446 g/mol. The Morgan fingerprint density at radius 3 is 2.78 bits per heavy atom. The van der Waals surface area contributed by atoms with Crippen molar-refractivity contribution >= 4 is 29.2 Å². The van der Waals surface area contributed by atoms with Crippen molar-refractivity contribution in [1.29, 1.82) is 0 Å². The van der Waals surface area contributed by atoms with E-state index in [0.717, 1.165) is 18.2 Å². The average molecular weight is 447 g/mol. The van der Waals surface area contributed by atoms with E-state index in [1.165, 1.54) is 32.5 Å². The van der Waals surface area contributed by atoms with Crippen molar-refractivity contribution in [2.75, 3.05) is 33.4 Å². The quantitative estimate of drug-likeness (QED) is 0.455. The van der Waals surface area contributed by atoms with E-state index in [4.69, 9.17) is 16.2 Å². The summed E-state index contributed by atoms with van der Waals surface area (Å²) >= 11 is 0. The van der Waals surface area contributed by atoms with E-state index in [-0.39, 0.29) is 35.5 Å². The molecule has 172 valence electrons. The molecule has 1 atom stereocenters. The van der Waals surface area contributed by atoms with Gasteiger partial charge in [-0.15, -0.1) is 0 Å². The molecule has 10 heteroatoms. The molecule has 0 aliphatic carbocycles. The highest BCUT2D eigenvalue weighted by Gasteiger charge is 2.26. The van der Waals surface area contributed by atoms with Crippen molar-refractivity contribution in [3.05, 3.63) is 46.8 Å². The molecular formula is C22H28F2N6O2. The molecule has 2 heterocycles. The maximum Gasteiger partial charge on any atom is 0.219 e. The molecule has 1 aromatic carbocycles. The van der Waals surface area contributed by atoms with E-state index >= 15 is 4.39 Å². The fourth-order valence-electron chi connectivity index (χ4n) is 3.72. The highest BCUT2D eigenvalue weighted by Crippen LogP contribution is 2.29. The summed E-state index contributed by atoms with van der Waals surface area (Å²) in [6.07, 6.45) is 3.91. The Balaban J connectivity index is 2.03. The van der Waals surface area contributed by atoms with Crippen molar-refractivity contribution in [1.82, 2.24) is 10.2 Å². The third-order valence-corrected chi connectivity index (χ3v) is 5.47. The zero-order chi connectivity index (χ0) is 23.3. The van der Waals surface area contributed by atoms with Crippen LogP contribution in [0.5, 0.6) is 0 Å². The van der Waals surface area contributed by atoms with Crippen LogP contribution in [0, 0.1) is 11.6 Å². The number of allylic oxidation sites excluding steroid dienone is 1. The number of aliphatic imine (C=N–C) groups is 2. The van der Waals surface area contributed by atoms with Crippen LogP contribution in [0.2, 0.25) is 0 Å². The number of ether oxygens (including phenoxy) is 1. The van der Waals surface area contributed by atoms with Crippen molar-refractivity contribution in [3.63, 3.8) is 0 Å². The van der Waals surface area contributed by atoms with E-state index in [9.17, 15) is 9.18 Å². The van der Waals surface area contributed by atoms with Crippen LogP contribution in [0.25, 0.3) is 5.57 Å². The fourth-order valence-corrected chi connectivity index (χ4v) is 3.72. The number of halogens is 2. The number of hydrogen-bond donors (Lipinski definition) is 3. The molecule has 3 rings (SSSR count). The lowest BCUT2D eigenvalue weighted by molar-refractivity contribution is -0.128. The fraction of sp³-hybridized carbons (Fsp3) is 0.409. The lowest BCUT2D eigenvalue weighted by atomic mass is 10.0. The van der Waals surface area contributed by atoms with Gasteiger partial charge in [-0.2, -0.15) is 0 Å². The highest BCUT2D eigenvalue weighted by atomic mass is 19.1. The molecule has 0 bridgehead atoms. The van der Waals surface area contributed by atoms with Crippen LogP contribution in [0.15, 0.2) is 39.6 Å². The maximum atomic E-state index is 15.2. The van der Waals surface area contributed by atoms with Gasteiger partial charge in [-0.3, -0.25) is 9.79 Å². The molecule has 1 amide bonds. The number of amidine groups is 1. The summed E-state index contributed by atoms with van der Waals surface area (Å²) in [6, 6.07) is 2.48. The zero-order valence-corrected chi connectivity index (χ0v) is 18.2. The molecule has 5 N–H and O–H groups in total. The molecule has 2 aliphatic rings. The topological polar surface area (TPSA) is 118 Å². The van der Waals surface area contributed by atoms with Crippen molar-refractivity contribution in [3.8, 4) is 0 Å². The van der Waals surface area contributed by atoms with Gasteiger partial charge in [-0.1, -0.05) is 0 Å². The summed E-state index contributed by atoms with van der Waals surface area (Å²) in [5.74, 6) is -1.94. The van der Waals surface area contributed by atoms with E-state index in [0.29, 0.717) is 31.8 Å². The van der Waals surface area contributed by atoms with Gasteiger partial charge in [0, 0.05) is 68.4 Å². The van der Waals surface area contributed by atoms with E-state index < -0.39 is 17.3 Å². The van der Waals surface area contributed by atoms with Gasteiger partial charge < -0.3 is 26.4 Å². The second kappa shape index (κ2) is 10.4. The summed E-state index contributed by atoms with van der Waals surface area (Å²) < 4.78 is 35.1. The number of rotatable bonds is 6. The Kier molecular flexibility index (Phi) is 7.57. The molecule has 1 fully saturated rings. The zero-order valence-electron chi connectivity index (χ0n) is 18.2. The number of amides is 1. The van der Waals surface area contributed by atoms with E-state index in [1.54, 1.807) is 4.90 Å². The van der Waals surface area contributed by atoms with Crippen LogP contribution in [0.3, 0.4) is 0 Å². The molecule has 0 unspecified atom stereocenters. The van der Waals surface area contributed by atoms with E-state index in [1.807, 2.05) is 0 Å². The molecule has 1 aromatic rings. The number of nitrogens with one attached hydrogen (secondary N) is 1. The summed E-state index contributed by atoms with van der Waals surface area (Å²) in [4.78, 5) is 21.5. The average Bonchev–Trinajstić information content (AvgIpc) is 3.28. The Bertz CT molecular complexity index is 996. The Hall–Kier alpha value is -3.27. The van der Waals surface area contributed by atoms with Crippen LogP contribution >= 0.6 is 0 Å². The lowest BCUT2D eigenvalue weighted by Crippen LogP contribution is -2.43. The van der Waals surface area contributed by atoms with Gasteiger partial charge in [-0.05, 0) is 18.6 Å². The molecule has 0 saturated carbocycles. The van der Waals surface area contributed by atoms with Gasteiger partial charge in [0.25, 0.3) is 0 Å². The summed E-state index contributed by atoms with van der Waals surface area (Å²) in [6.45, 7) is 3.39. The van der Waals surface area contributed by atoms with E-state index in [2.05, 4.69) is 15.3 Å². The highest BCUT2D eigenvalue weighted by molar-refractivity contribution is 6.10. The molecule has 32 heavy (non-hydrogen) atoms. The molecule has 8 nitrogen and oxygen atoms in total. The first-order chi connectivity index (χ1) is 15.3. The van der Waals surface area contributed by atoms with Crippen LogP contribution in [0.1, 0.15) is 25.3 Å². The van der Waals surface area contributed by atoms with Crippen LogP contribution in [0.4, 0.5) is 14.5 Å². The maximum absolute atomic E-state index is 15.2. The Morgan fingerprint density at radius 2 is 2.16 bits per heavy atom. The number of carbonyl (C=O) groups is 1. The second-order valence-electron chi connectivity index (χ2n) is 7.62. The first-order valence-electron chi connectivity index (χ1n) is 10.3. The molecule has 0 aromatic heterocycles. The third-order valence-electron chi connectivity index (χ3n) is 5.47. The molecule has 0 radical (unpaired) electrons. The third kappa shape index (κ3) is 5.13. The molecule has 1 saturated heterocycles. The number of carbonyl (C=O) groups excluding carboxylic acids is 1. The standard InChI is InChI=1S/C22H28F2N6O2/c1-13(31)30-7-5-19(28-15-6-8-32-12-15)17(11-30)22(26)29-21-18(23)4-3-16(20(21)24)14(9-25)10-27-2/h3-4,9-10,15,28H,5-8,11-12,25H2,1-2H3,(H2,26,29)/t15-/m0/s1. The number of benzene rings is 1. The second-order valence-corrected chi connectivity index (χ2v) is 7.62. The Morgan fingerprint density at radius 1 is 1.38 bits per heavy atom. The summed E-state index contributed by atoms with van der Waals surface area (Å²) in [5, 5.41) is 3.40. The smallest absolute Gasteiger partial charge is 0.219 e. The van der Waals surface area contributed by atoms with Gasteiger partial charge in [0.1, 0.15) is 11.5 Å². The SMILES string of the molecule is CN=CC(=CN)c1ccc(F)c(N=C(N)C2=C(N[C@H]3CCOC3)CCN(C(C)=O)C2)c1F. The van der Waals surface area contributed by atoms with Crippen molar-refractivity contribution < 1.29 is 18.3 Å². The minimum absolute atomic E-state index is 0.0514. The van der Waals surface area contributed by atoms with Crippen LogP contribution < -0.4 is 16.8 Å². The number of nitrogens with zero attached hydrogens (tertiary/aromatic N) is 3. The van der Waals surface area contributed by atoms with Crippen molar-refractivity contribution in [2.45, 2.75) is 25.8 Å². The Labute approximate surface area is 185 Å². The number of hydrogen-bond acceptors (Lipinski definition) is 6. The first kappa shape index (κ1) is 23.4. The first-order valence-corrected chi connectivity index (χ1v) is 10.3. The van der Waals surface area contributed by atoms with Crippen LogP contribution in [-0.4, -0.2) is 62.3 Å². The lowest BCUT2D eigenvalue weighted by Gasteiger charge is -2.31.